The Morgan fingerprint density at radius 2 is 2.00 bits per heavy atom. The molecule has 0 aromatic heterocycles. The third-order valence-electron chi connectivity index (χ3n) is 5.03. The summed E-state index contributed by atoms with van der Waals surface area (Å²) in [7, 11) is 3.18. The first-order valence-corrected chi connectivity index (χ1v) is 9.29. The second kappa shape index (κ2) is 9.60. The van der Waals surface area contributed by atoms with Gasteiger partial charge < -0.3 is 24.8 Å². The number of carbonyl (C=O) groups is 2. The van der Waals surface area contributed by atoms with Crippen LogP contribution >= 0.6 is 0 Å². The molecular weight excluding hydrogens is 348 g/mol. The summed E-state index contributed by atoms with van der Waals surface area (Å²) in [6, 6.07) is 5.41. The van der Waals surface area contributed by atoms with Crippen LogP contribution in [0.25, 0.3) is 0 Å². The lowest BCUT2D eigenvalue weighted by Crippen LogP contribution is -2.44. The highest BCUT2D eigenvalue weighted by Crippen LogP contribution is 2.28. The van der Waals surface area contributed by atoms with Gasteiger partial charge in [-0.2, -0.15) is 0 Å². The maximum Gasteiger partial charge on any atom is 0.225 e. The molecule has 2 amide bonds. The number of aliphatic hydroxyl groups is 1. The predicted molar refractivity (Wildman–Crippen MR) is 102 cm³/mol. The molecule has 1 aromatic rings. The van der Waals surface area contributed by atoms with Gasteiger partial charge in [0.25, 0.3) is 0 Å². The molecule has 1 heterocycles. The van der Waals surface area contributed by atoms with Crippen molar-refractivity contribution < 1.29 is 24.2 Å². The number of amides is 2. The summed E-state index contributed by atoms with van der Waals surface area (Å²) in [5.74, 6) is 0.918. The molecule has 0 saturated carbocycles. The molecule has 2 N–H and O–H groups in total. The highest BCUT2D eigenvalue weighted by molar-refractivity contribution is 5.89. The number of aliphatic hydroxyl groups excluding tert-OH is 1. The lowest BCUT2D eigenvalue weighted by molar-refractivity contribution is -0.129. The zero-order chi connectivity index (χ0) is 20.0. The minimum Gasteiger partial charge on any atom is -0.493 e. The molecule has 2 atom stereocenters. The molecule has 1 aliphatic rings. The Bertz CT molecular complexity index is 662. The van der Waals surface area contributed by atoms with Crippen LogP contribution in [0.4, 0.5) is 0 Å². The van der Waals surface area contributed by atoms with Crippen LogP contribution in [-0.2, 0) is 16.0 Å². The Morgan fingerprint density at radius 1 is 1.30 bits per heavy atom. The molecule has 1 unspecified atom stereocenters. The number of likely N-dealkylation sites (tertiary alicyclic amines) is 1. The summed E-state index contributed by atoms with van der Waals surface area (Å²) in [6.07, 6.45) is 0.889. The van der Waals surface area contributed by atoms with E-state index >= 15 is 0 Å². The van der Waals surface area contributed by atoms with Crippen LogP contribution in [0.15, 0.2) is 18.2 Å². The van der Waals surface area contributed by atoms with E-state index in [9.17, 15) is 14.7 Å². The van der Waals surface area contributed by atoms with Gasteiger partial charge in [0.05, 0.1) is 32.8 Å². The lowest BCUT2D eigenvalue weighted by Gasteiger charge is -2.22. The fraction of sp³-hybridized carbons (Fsp3) is 0.600. The van der Waals surface area contributed by atoms with Crippen LogP contribution < -0.4 is 14.8 Å². The van der Waals surface area contributed by atoms with Gasteiger partial charge in [0.1, 0.15) is 0 Å². The van der Waals surface area contributed by atoms with Gasteiger partial charge in [-0.1, -0.05) is 19.9 Å². The molecule has 7 nitrogen and oxygen atoms in total. The van der Waals surface area contributed by atoms with Gasteiger partial charge in [-0.3, -0.25) is 9.59 Å². The molecule has 27 heavy (non-hydrogen) atoms. The van der Waals surface area contributed by atoms with Crippen LogP contribution in [0.3, 0.4) is 0 Å². The highest BCUT2D eigenvalue weighted by atomic mass is 16.5. The Hall–Kier alpha value is -2.28. The largest absolute Gasteiger partial charge is 0.493 e. The van der Waals surface area contributed by atoms with E-state index in [1.54, 1.807) is 19.1 Å². The average Bonchev–Trinajstić information content (AvgIpc) is 3.04. The first kappa shape index (κ1) is 21.0. The Balaban J connectivity index is 1.91. The molecule has 1 aromatic carbocycles. The minimum atomic E-state index is -0.365. The van der Waals surface area contributed by atoms with E-state index in [4.69, 9.17) is 9.47 Å². The van der Waals surface area contributed by atoms with E-state index in [1.807, 2.05) is 32.0 Å². The number of nitrogens with one attached hydrogen (secondary N) is 1. The summed E-state index contributed by atoms with van der Waals surface area (Å²) in [5, 5.41) is 12.2. The Morgan fingerprint density at radius 3 is 2.59 bits per heavy atom. The summed E-state index contributed by atoms with van der Waals surface area (Å²) in [5.41, 5.74) is 1.04. The van der Waals surface area contributed by atoms with Gasteiger partial charge in [-0.05, 0) is 30.0 Å². The van der Waals surface area contributed by atoms with Gasteiger partial charge in [0.15, 0.2) is 11.5 Å². The Kier molecular flexibility index (Phi) is 7.47. The number of ether oxygens (including phenoxy) is 2. The van der Waals surface area contributed by atoms with Crippen LogP contribution in [-0.4, -0.2) is 61.8 Å². The molecule has 1 saturated heterocycles. The lowest BCUT2D eigenvalue weighted by atomic mass is 10.0. The Labute approximate surface area is 160 Å². The number of benzene rings is 1. The van der Waals surface area contributed by atoms with E-state index in [1.165, 1.54) is 0 Å². The van der Waals surface area contributed by atoms with Crippen molar-refractivity contribution in [3.05, 3.63) is 23.8 Å². The molecular formula is C20H30N2O5. The van der Waals surface area contributed by atoms with E-state index in [0.29, 0.717) is 31.0 Å². The second-order valence-corrected chi connectivity index (χ2v) is 7.22. The molecule has 150 valence electrons. The molecule has 0 spiro atoms. The third kappa shape index (κ3) is 5.35. The molecule has 1 fully saturated rings. The predicted octanol–water partition coefficient (Wildman–Crippen LogP) is 1.23. The average molecular weight is 378 g/mol. The highest BCUT2D eigenvalue weighted by Gasteiger charge is 2.35. The van der Waals surface area contributed by atoms with Gasteiger partial charge in [0, 0.05) is 19.5 Å². The number of carbonyl (C=O) groups excluding carboxylic acids is 2. The van der Waals surface area contributed by atoms with Crippen molar-refractivity contribution in [2.75, 3.05) is 33.9 Å². The van der Waals surface area contributed by atoms with Gasteiger partial charge in [0.2, 0.25) is 11.8 Å². The first-order chi connectivity index (χ1) is 12.9. The van der Waals surface area contributed by atoms with Crippen molar-refractivity contribution in [1.29, 1.82) is 0 Å². The monoisotopic (exact) mass is 378 g/mol. The maximum atomic E-state index is 12.4. The molecule has 1 aliphatic heterocycles. The molecule has 0 aliphatic carbocycles. The SMILES string of the molecule is COc1ccc(CCN2CC(C(=O)N[C@H](CO)C(C)C)CC2=O)cc1OC. The molecule has 7 heteroatoms. The van der Waals surface area contributed by atoms with Crippen molar-refractivity contribution in [2.24, 2.45) is 11.8 Å². The van der Waals surface area contributed by atoms with E-state index < -0.39 is 0 Å². The van der Waals surface area contributed by atoms with Crippen molar-refractivity contribution in [3.8, 4) is 11.5 Å². The minimum absolute atomic E-state index is 0.0132. The first-order valence-electron chi connectivity index (χ1n) is 9.29. The number of nitrogens with zero attached hydrogens (tertiary/aromatic N) is 1. The topological polar surface area (TPSA) is 88.1 Å². The van der Waals surface area contributed by atoms with E-state index in [2.05, 4.69) is 5.32 Å². The van der Waals surface area contributed by atoms with Gasteiger partial charge in [-0.15, -0.1) is 0 Å². The smallest absolute Gasteiger partial charge is 0.225 e. The third-order valence-corrected chi connectivity index (χ3v) is 5.03. The maximum absolute atomic E-state index is 12.4. The van der Waals surface area contributed by atoms with Crippen LogP contribution in [0.2, 0.25) is 0 Å². The standard InChI is InChI=1S/C20H30N2O5/c1-13(2)16(12-23)21-20(25)15-10-19(24)22(11-15)8-7-14-5-6-17(26-3)18(9-14)27-4/h5-6,9,13,15-16,23H,7-8,10-12H2,1-4H3,(H,21,25)/t15?,16-/m1/s1. The fourth-order valence-corrected chi connectivity index (χ4v) is 3.19. The molecule has 0 bridgehead atoms. The van der Waals surface area contributed by atoms with Crippen molar-refractivity contribution >= 4 is 11.8 Å². The number of methoxy groups -OCH3 is 2. The van der Waals surface area contributed by atoms with Crippen molar-refractivity contribution in [1.82, 2.24) is 10.2 Å². The van der Waals surface area contributed by atoms with Crippen molar-refractivity contribution in [3.63, 3.8) is 0 Å². The van der Waals surface area contributed by atoms with E-state index in [-0.39, 0.29) is 42.7 Å². The second-order valence-electron chi connectivity index (χ2n) is 7.22. The zero-order valence-corrected chi connectivity index (χ0v) is 16.5. The number of hydrogen-bond acceptors (Lipinski definition) is 5. The fourth-order valence-electron chi connectivity index (χ4n) is 3.19. The zero-order valence-electron chi connectivity index (χ0n) is 16.5. The van der Waals surface area contributed by atoms with Crippen LogP contribution in [0, 0.1) is 11.8 Å². The summed E-state index contributed by atoms with van der Waals surface area (Å²) < 4.78 is 10.5. The van der Waals surface area contributed by atoms with Gasteiger partial charge >= 0.3 is 0 Å². The molecule has 0 radical (unpaired) electrons. The van der Waals surface area contributed by atoms with Crippen LogP contribution in [0.1, 0.15) is 25.8 Å². The van der Waals surface area contributed by atoms with Crippen molar-refractivity contribution in [2.45, 2.75) is 32.7 Å². The summed E-state index contributed by atoms with van der Waals surface area (Å²) in [6.45, 7) is 4.74. The normalized spacial score (nSPS) is 17.9. The van der Waals surface area contributed by atoms with E-state index in [0.717, 1.165) is 5.56 Å². The quantitative estimate of drug-likeness (QED) is 0.675. The molecule has 2 rings (SSSR count). The number of hydrogen-bond donors (Lipinski definition) is 2. The summed E-state index contributed by atoms with van der Waals surface area (Å²) in [4.78, 5) is 26.4. The van der Waals surface area contributed by atoms with Gasteiger partial charge in [-0.25, -0.2) is 0 Å². The summed E-state index contributed by atoms with van der Waals surface area (Å²) >= 11 is 0. The van der Waals surface area contributed by atoms with Crippen LogP contribution in [0.5, 0.6) is 11.5 Å². The number of rotatable bonds is 9.